The van der Waals surface area contributed by atoms with Gasteiger partial charge in [0.1, 0.15) is 5.82 Å². The van der Waals surface area contributed by atoms with Gasteiger partial charge in [-0.2, -0.15) is 0 Å². The second-order valence-corrected chi connectivity index (χ2v) is 8.21. The van der Waals surface area contributed by atoms with Gasteiger partial charge in [0.15, 0.2) is 0 Å². The lowest BCUT2D eigenvalue weighted by Crippen LogP contribution is -2.32. The zero-order valence-electron chi connectivity index (χ0n) is 13.9. The van der Waals surface area contributed by atoms with E-state index in [4.69, 9.17) is 5.14 Å². The third kappa shape index (κ3) is 4.91. The summed E-state index contributed by atoms with van der Waals surface area (Å²) in [6.07, 6.45) is 0. The Balaban J connectivity index is 1.76. The van der Waals surface area contributed by atoms with Crippen LogP contribution in [0, 0.1) is 5.82 Å². The molecule has 140 valence electrons. The van der Waals surface area contributed by atoms with Crippen molar-refractivity contribution in [1.29, 1.82) is 0 Å². The molecule has 4 N–H and O–H groups in total. The molecule has 3 aromatic rings. The molecule has 1 aromatic heterocycles. The number of nitrogens with one attached hydrogen (secondary N) is 2. The number of hydrogen-bond acceptors (Lipinski definition) is 4. The van der Waals surface area contributed by atoms with Crippen LogP contribution in [0.5, 0.6) is 0 Å². The molecule has 1 unspecified atom stereocenters. The molecule has 0 bridgehead atoms. The molecule has 0 aliphatic carbocycles. The van der Waals surface area contributed by atoms with Crippen LogP contribution in [0.15, 0.2) is 70.9 Å². The van der Waals surface area contributed by atoms with Crippen LogP contribution in [0.25, 0.3) is 0 Å². The van der Waals surface area contributed by atoms with E-state index in [1.807, 2.05) is 17.5 Å². The summed E-state index contributed by atoms with van der Waals surface area (Å²) in [6, 6.07) is 14.2. The maximum atomic E-state index is 13.2. The van der Waals surface area contributed by atoms with E-state index in [0.717, 1.165) is 10.4 Å². The van der Waals surface area contributed by atoms with Gasteiger partial charge in [-0.25, -0.2) is 22.7 Å². The van der Waals surface area contributed by atoms with E-state index in [2.05, 4.69) is 10.6 Å². The number of urea groups is 1. The van der Waals surface area contributed by atoms with E-state index in [1.165, 1.54) is 47.7 Å². The quantitative estimate of drug-likeness (QED) is 0.606. The zero-order chi connectivity index (χ0) is 19.4. The van der Waals surface area contributed by atoms with Crippen LogP contribution < -0.4 is 15.8 Å². The number of nitrogens with two attached hydrogens (primary N) is 1. The molecule has 27 heavy (non-hydrogen) atoms. The minimum atomic E-state index is -3.79. The molecule has 0 saturated carbocycles. The molecule has 1 heterocycles. The van der Waals surface area contributed by atoms with Crippen LogP contribution in [0.1, 0.15) is 16.5 Å². The van der Waals surface area contributed by atoms with Crippen molar-refractivity contribution in [2.24, 2.45) is 5.14 Å². The number of carbonyl (C=O) groups is 1. The van der Waals surface area contributed by atoms with Gasteiger partial charge in [-0.3, -0.25) is 0 Å². The fourth-order valence-corrected chi connectivity index (χ4v) is 3.77. The maximum absolute atomic E-state index is 13.2. The number of carbonyl (C=O) groups excluding carboxylic acids is 1. The van der Waals surface area contributed by atoms with Crippen molar-refractivity contribution in [3.8, 4) is 0 Å². The second kappa shape index (κ2) is 7.87. The number of halogens is 1. The van der Waals surface area contributed by atoms with E-state index in [9.17, 15) is 17.6 Å². The van der Waals surface area contributed by atoms with Gasteiger partial charge in [-0.15, -0.1) is 11.3 Å². The number of primary sulfonamides is 1. The summed E-state index contributed by atoms with van der Waals surface area (Å²) in [5.41, 5.74) is 1.14. The van der Waals surface area contributed by atoms with Crippen molar-refractivity contribution in [3.05, 3.63) is 82.3 Å². The lowest BCUT2D eigenvalue weighted by Gasteiger charge is -2.18. The first kappa shape index (κ1) is 19.0. The summed E-state index contributed by atoms with van der Waals surface area (Å²) in [5, 5.41) is 12.4. The van der Waals surface area contributed by atoms with E-state index in [-0.39, 0.29) is 10.7 Å². The van der Waals surface area contributed by atoms with Gasteiger partial charge >= 0.3 is 6.03 Å². The lowest BCUT2D eigenvalue weighted by atomic mass is 10.1. The summed E-state index contributed by atoms with van der Waals surface area (Å²) in [4.78, 5) is 13.3. The van der Waals surface area contributed by atoms with Gasteiger partial charge in [0.2, 0.25) is 10.0 Å². The minimum absolute atomic E-state index is 0.0452. The molecule has 0 spiro atoms. The average molecular weight is 405 g/mol. The van der Waals surface area contributed by atoms with Crippen molar-refractivity contribution in [1.82, 2.24) is 5.32 Å². The first-order valence-electron chi connectivity index (χ1n) is 7.82. The molecule has 0 fully saturated rings. The van der Waals surface area contributed by atoms with Gasteiger partial charge in [0.25, 0.3) is 0 Å². The van der Waals surface area contributed by atoms with Crippen molar-refractivity contribution in [2.75, 3.05) is 5.32 Å². The van der Waals surface area contributed by atoms with Crippen molar-refractivity contribution < 1.29 is 17.6 Å². The number of amides is 2. The van der Waals surface area contributed by atoms with Gasteiger partial charge in [-0.1, -0.05) is 18.2 Å². The zero-order valence-corrected chi connectivity index (χ0v) is 15.6. The van der Waals surface area contributed by atoms with E-state index in [0.29, 0.717) is 5.69 Å². The predicted molar refractivity (Wildman–Crippen MR) is 103 cm³/mol. The SMILES string of the molecule is NS(=O)(=O)c1ccc(NC(=O)NC(c2ccc(F)cc2)c2cccs2)cc1. The number of sulfonamides is 1. The highest BCUT2D eigenvalue weighted by atomic mass is 32.2. The first-order chi connectivity index (χ1) is 12.8. The number of hydrogen-bond donors (Lipinski definition) is 3. The van der Waals surface area contributed by atoms with Crippen molar-refractivity contribution >= 4 is 33.1 Å². The monoisotopic (exact) mass is 405 g/mol. The Kier molecular flexibility index (Phi) is 5.54. The van der Waals surface area contributed by atoms with Crippen LogP contribution in [-0.4, -0.2) is 14.4 Å². The molecular weight excluding hydrogens is 389 g/mol. The molecule has 1 atom stereocenters. The Morgan fingerprint density at radius 2 is 1.70 bits per heavy atom. The summed E-state index contributed by atoms with van der Waals surface area (Å²) in [6.45, 7) is 0. The Morgan fingerprint density at radius 3 is 2.26 bits per heavy atom. The standard InChI is InChI=1S/C18H16FN3O3S2/c19-13-5-3-12(4-6-13)17(16-2-1-11-26-16)22-18(23)21-14-7-9-15(10-8-14)27(20,24)25/h1-11,17H,(H2,20,24,25)(H2,21,22,23). The van der Waals surface area contributed by atoms with Crippen molar-refractivity contribution in [2.45, 2.75) is 10.9 Å². The van der Waals surface area contributed by atoms with Gasteiger partial charge in [0, 0.05) is 10.6 Å². The van der Waals surface area contributed by atoms with Crippen LogP contribution in [0.2, 0.25) is 0 Å². The highest BCUT2D eigenvalue weighted by Crippen LogP contribution is 2.26. The third-order valence-electron chi connectivity index (χ3n) is 3.75. The summed E-state index contributed by atoms with van der Waals surface area (Å²) < 4.78 is 35.8. The topological polar surface area (TPSA) is 101 Å². The third-order valence-corrected chi connectivity index (χ3v) is 5.61. The Bertz CT molecular complexity index is 1020. The average Bonchev–Trinajstić information content (AvgIpc) is 3.14. The van der Waals surface area contributed by atoms with E-state index >= 15 is 0 Å². The molecule has 9 heteroatoms. The molecule has 0 aliphatic heterocycles. The Morgan fingerprint density at radius 1 is 1.04 bits per heavy atom. The molecule has 3 rings (SSSR count). The van der Waals surface area contributed by atoms with E-state index < -0.39 is 22.1 Å². The minimum Gasteiger partial charge on any atom is -0.326 e. The van der Waals surface area contributed by atoms with Crippen LogP contribution >= 0.6 is 11.3 Å². The fourth-order valence-electron chi connectivity index (χ4n) is 2.46. The smallest absolute Gasteiger partial charge is 0.320 e. The molecule has 0 aliphatic rings. The Hall–Kier alpha value is -2.75. The van der Waals surface area contributed by atoms with Crippen molar-refractivity contribution in [3.63, 3.8) is 0 Å². The summed E-state index contributed by atoms with van der Waals surface area (Å²) >= 11 is 1.47. The molecule has 2 aromatic carbocycles. The summed E-state index contributed by atoms with van der Waals surface area (Å²) in [5.74, 6) is -0.358. The highest BCUT2D eigenvalue weighted by molar-refractivity contribution is 7.89. The van der Waals surface area contributed by atoms with E-state index in [1.54, 1.807) is 12.1 Å². The predicted octanol–water partition coefficient (Wildman–Crippen LogP) is 3.45. The number of benzene rings is 2. The maximum Gasteiger partial charge on any atom is 0.320 e. The fraction of sp³-hybridized carbons (Fsp3) is 0.0556. The molecule has 2 amide bonds. The lowest BCUT2D eigenvalue weighted by molar-refractivity contribution is 0.250. The Labute approximate surface area is 159 Å². The normalized spacial score (nSPS) is 12.4. The summed E-state index contributed by atoms with van der Waals surface area (Å²) in [7, 11) is -3.79. The molecule has 6 nitrogen and oxygen atoms in total. The van der Waals surface area contributed by atoms with Crippen LogP contribution in [-0.2, 0) is 10.0 Å². The van der Waals surface area contributed by atoms with Gasteiger partial charge in [-0.05, 0) is 53.4 Å². The molecular formula is C18H16FN3O3S2. The van der Waals surface area contributed by atoms with Crippen LogP contribution in [0.4, 0.5) is 14.9 Å². The van der Waals surface area contributed by atoms with Gasteiger partial charge in [0.05, 0.1) is 10.9 Å². The van der Waals surface area contributed by atoms with Gasteiger partial charge < -0.3 is 10.6 Å². The number of rotatable bonds is 5. The molecule has 0 saturated heterocycles. The largest absolute Gasteiger partial charge is 0.326 e. The first-order valence-corrected chi connectivity index (χ1v) is 10.2. The number of anilines is 1. The highest BCUT2D eigenvalue weighted by Gasteiger charge is 2.18. The number of thiophene rings is 1. The molecule has 0 radical (unpaired) electrons. The van der Waals surface area contributed by atoms with Crippen LogP contribution in [0.3, 0.4) is 0 Å². The second-order valence-electron chi connectivity index (χ2n) is 5.67.